The molecule has 0 aliphatic rings. The fraction of sp³-hybridized carbons (Fsp3) is 0.179. The lowest BCUT2D eigenvalue weighted by Gasteiger charge is -2.16. The lowest BCUT2D eigenvalue weighted by atomic mass is 10.1. The minimum atomic E-state index is -0.826. The second kappa shape index (κ2) is 11.7. The Morgan fingerprint density at radius 3 is 2.31 bits per heavy atom. The summed E-state index contributed by atoms with van der Waals surface area (Å²) in [5.74, 6) is -0.425. The number of para-hydroxylation sites is 1. The summed E-state index contributed by atoms with van der Waals surface area (Å²) < 4.78 is 7.12. The Morgan fingerprint density at radius 2 is 1.60 bits per heavy atom. The van der Waals surface area contributed by atoms with Gasteiger partial charge in [-0.05, 0) is 24.1 Å². The van der Waals surface area contributed by atoms with Crippen LogP contribution in [0.4, 0.5) is 4.79 Å². The standard InChI is InChI=1S/C28H28N4O3/c1-2-35-28(34)30-25(17-21-11-5-3-6-12-21)27(33)31-29-18-23-20-32(19-22-13-7-4-8-14-22)26-16-10-9-15-24(23)26/h3-16,18,20,25H,2,17,19H2,1H3,(H,30,34)(H,31,33)/b29-18-/t25-/m0/s1. The molecule has 0 unspecified atom stereocenters. The molecular formula is C28H28N4O3. The summed E-state index contributed by atoms with van der Waals surface area (Å²) in [7, 11) is 0. The predicted molar refractivity (Wildman–Crippen MR) is 137 cm³/mol. The molecule has 0 aliphatic carbocycles. The van der Waals surface area contributed by atoms with Gasteiger partial charge in [0, 0.05) is 35.6 Å². The van der Waals surface area contributed by atoms with Crippen LogP contribution in [0.15, 0.2) is 96.2 Å². The molecule has 178 valence electrons. The third kappa shape index (κ3) is 6.35. The zero-order valence-electron chi connectivity index (χ0n) is 19.6. The summed E-state index contributed by atoms with van der Waals surface area (Å²) in [6, 6.07) is 26.9. The Hall–Kier alpha value is -4.39. The van der Waals surface area contributed by atoms with E-state index in [9.17, 15) is 9.59 Å². The Kier molecular flexibility index (Phi) is 7.91. The summed E-state index contributed by atoms with van der Waals surface area (Å²) in [6.45, 7) is 2.66. The first kappa shape index (κ1) is 23.8. The van der Waals surface area contributed by atoms with Crippen molar-refractivity contribution in [2.45, 2.75) is 25.9 Å². The molecule has 0 saturated carbocycles. The average Bonchev–Trinajstić information content (AvgIpc) is 3.22. The van der Waals surface area contributed by atoms with Gasteiger partial charge in [-0.1, -0.05) is 78.9 Å². The van der Waals surface area contributed by atoms with Crippen molar-refractivity contribution in [1.82, 2.24) is 15.3 Å². The maximum atomic E-state index is 12.9. The maximum Gasteiger partial charge on any atom is 0.407 e. The van der Waals surface area contributed by atoms with Crippen molar-refractivity contribution in [3.63, 3.8) is 0 Å². The van der Waals surface area contributed by atoms with Crippen LogP contribution in [0.5, 0.6) is 0 Å². The second-order valence-corrected chi connectivity index (χ2v) is 8.06. The number of hydrogen-bond donors (Lipinski definition) is 2. The van der Waals surface area contributed by atoms with Gasteiger partial charge in [0.25, 0.3) is 5.91 Å². The van der Waals surface area contributed by atoms with Crippen LogP contribution in [0.2, 0.25) is 0 Å². The lowest BCUT2D eigenvalue weighted by molar-refractivity contribution is -0.123. The molecule has 0 fully saturated rings. The molecule has 0 radical (unpaired) electrons. The SMILES string of the molecule is CCOC(=O)N[C@@H](Cc1ccccc1)C(=O)N/N=C\c1cn(Cc2ccccc2)c2ccccc12. The highest BCUT2D eigenvalue weighted by Gasteiger charge is 2.21. The number of alkyl carbamates (subject to hydrolysis) is 1. The molecule has 7 heteroatoms. The summed E-state index contributed by atoms with van der Waals surface area (Å²) in [6.07, 6.45) is 3.32. The van der Waals surface area contributed by atoms with Gasteiger partial charge in [-0.2, -0.15) is 5.10 Å². The molecule has 35 heavy (non-hydrogen) atoms. The molecule has 3 aromatic carbocycles. The first-order valence-corrected chi connectivity index (χ1v) is 11.6. The van der Waals surface area contributed by atoms with E-state index in [2.05, 4.69) is 38.6 Å². The molecule has 1 atom stereocenters. The molecule has 2 amide bonds. The number of nitrogens with zero attached hydrogens (tertiary/aromatic N) is 2. The molecule has 2 N–H and O–H groups in total. The van der Waals surface area contributed by atoms with Crippen LogP contribution in [0.3, 0.4) is 0 Å². The molecule has 1 aromatic heterocycles. The Labute approximate surface area is 204 Å². The van der Waals surface area contributed by atoms with Crippen molar-refractivity contribution in [2.75, 3.05) is 6.61 Å². The van der Waals surface area contributed by atoms with Crippen LogP contribution in [-0.4, -0.2) is 35.4 Å². The molecule has 0 saturated heterocycles. The summed E-state index contributed by atoms with van der Waals surface area (Å²) in [5, 5.41) is 7.86. The molecule has 0 spiro atoms. The van der Waals surface area contributed by atoms with Crippen molar-refractivity contribution < 1.29 is 14.3 Å². The number of aromatic nitrogens is 1. The van der Waals surface area contributed by atoms with E-state index in [1.165, 1.54) is 5.56 Å². The minimum Gasteiger partial charge on any atom is -0.450 e. The monoisotopic (exact) mass is 468 g/mol. The summed E-state index contributed by atoms with van der Waals surface area (Å²) in [4.78, 5) is 24.9. The van der Waals surface area contributed by atoms with Crippen LogP contribution >= 0.6 is 0 Å². The second-order valence-electron chi connectivity index (χ2n) is 8.06. The molecule has 0 aliphatic heterocycles. The van der Waals surface area contributed by atoms with Crippen molar-refractivity contribution in [3.8, 4) is 0 Å². The quantitative estimate of drug-likeness (QED) is 0.280. The van der Waals surface area contributed by atoms with Crippen LogP contribution < -0.4 is 10.7 Å². The molecule has 7 nitrogen and oxygen atoms in total. The molecule has 4 rings (SSSR count). The summed E-state index contributed by atoms with van der Waals surface area (Å²) in [5.41, 5.74) is 6.64. The van der Waals surface area contributed by atoms with Gasteiger partial charge < -0.3 is 14.6 Å². The van der Waals surface area contributed by atoms with Crippen LogP contribution in [0.1, 0.15) is 23.6 Å². The lowest BCUT2D eigenvalue weighted by Crippen LogP contribution is -2.47. The largest absolute Gasteiger partial charge is 0.450 e. The first-order chi connectivity index (χ1) is 17.1. The fourth-order valence-electron chi connectivity index (χ4n) is 3.91. The van der Waals surface area contributed by atoms with E-state index < -0.39 is 18.0 Å². The maximum absolute atomic E-state index is 12.9. The number of amides is 2. The first-order valence-electron chi connectivity index (χ1n) is 11.6. The number of carbonyl (C=O) groups excluding carboxylic acids is 2. The van der Waals surface area contributed by atoms with Crippen LogP contribution in [-0.2, 0) is 22.5 Å². The van der Waals surface area contributed by atoms with Gasteiger partial charge in [0.1, 0.15) is 6.04 Å². The van der Waals surface area contributed by atoms with Gasteiger partial charge >= 0.3 is 6.09 Å². The molecule has 4 aromatic rings. The number of rotatable bonds is 9. The molecular weight excluding hydrogens is 440 g/mol. The van der Waals surface area contributed by atoms with Crippen molar-refractivity contribution in [1.29, 1.82) is 0 Å². The number of hydrogen-bond acceptors (Lipinski definition) is 4. The Balaban J connectivity index is 1.49. The van der Waals surface area contributed by atoms with Crippen molar-refractivity contribution in [2.24, 2.45) is 5.10 Å². The topological polar surface area (TPSA) is 84.7 Å². The molecule has 1 heterocycles. The van der Waals surface area contributed by atoms with Gasteiger partial charge in [0.15, 0.2) is 0 Å². The zero-order chi connectivity index (χ0) is 24.5. The number of ether oxygens (including phenoxy) is 1. The average molecular weight is 469 g/mol. The third-order valence-electron chi connectivity index (χ3n) is 5.56. The zero-order valence-corrected chi connectivity index (χ0v) is 19.6. The highest BCUT2D eigenvalue weighted by Crippen LogP contribution is 2.21. The van der Waals surface area contributed by atoms with Gasteiger partial charge in [-0.15, -0.1) is 0 Å². The summed E-state index contributed by atoms with van der Waals surface area (Å²) >= 11 is 0. The van der Waals surface area contributed by atoms with Gasteiger partial charge in [0.05, 0.1) is 12.8 Å². The van der Waals surface area contributed by atoms with Crippen molar-refractivity contribution in [3.05, 3.63) is 108 Å². The van der Waals surface area contributed by atoms with E-state index in [4.69, 9.17) is 4.74 Å². The smallest absolute Gasteiger partial charge is 0.407 e. The van der Waals surface area contributed by atoms with Gasteiger partial charge in [-0.3, -0.25) is 4.79 Å². The van der Waals surface area contributed by atoms with E-state index in [0.29, 0.717) is 6.42 Å². The predicted octanol–water partition coefficient (Wildman–Crippen LogP) is 4.50. The third-order valence-corrected chi connectivity index (χ3v) is 5.56. The minimum absolute atomic E-state index is 0.219. The van der Waals surface area contributed by atoms with E-state index >= 15 is 0 Å². The normalized spacial score (nSPS) is 11.9. The highest BCUT2D eigenvalue weighted by atomic mass is 16.5. The number of fused-ring (bicyclic) bond motifs is 1. The van der Waals surface area contributed by atoms with Gasteiger partial charge in [-0.25, -0.2) is 10.2 Å². The Bertz CT molecular complexity index is 1300. The molecule has 0 bridgehead atoms. The van der Waals surface area contributed by atoms with E-state index in [-0.39, 0.29) is 6.61 Å². The van der Waals surface area contributed by atoms with Gasteiger partial charge in [0.2, 0.25) is 0 Å². The van der Waals surface area contributed by atoms with Crippen molar-refractivity contribution >= 4 is 29.1 Å². The number of hydrazone groups is 1. The fourth-order valence-corrected chi connectivity index (χ4v) is 3.91. The van der Waals surface area contributed by atoms with Crippen LogP contribution in [0, 0.1) is 0 Å². The number of nitrogens with one attached hydrogen (secondary N) is 2. The Morgan fingerprint density at radius 1 is 0.943 bits per heavy atom. The number of benzene rings is 3. The van der Waals surface area contributed by atoms with E-state index in [1.54, 1.807) is 13.1 Å². The highest BCUT2D eigenvalue weighted by molar-refractivity contribution is 6.00. The van der Waals surface area contributed by atoms with Crippen LogP contribution in [0.25, 0.3) is 10.9 Å². The number of carbonyl (C=O) groups is 2. The van der Waals surface area contributed by atoms with E-state index in [1.807, 2.05) is 72.9 Å². The van der Waals surface area contributed by atoms with E-state index in [0.717, 1.165) is 28.6 Å².